The largest absolute Gasteiger partial charge is 0.355 e. The number of hydrogen-bond donors (Lipinski definition) is 2. The third kappa shape index (κ3) is 4.13. The molecule has 0 atom stereocenters. The Bertz CT molecular complexity index is 940. The molecule has 3 aromatic rings. The number of aromatic amines is 1. The van der Waals surface area contributed by atoms with E-state index in [1.54, 1.807) is 6.20 Å². The molecule has 0 fully saturated rings. The van der Waals surface area contributed by atoms with Gasteiger partial charge in [0.05, 0.1) is 6.33 Å². The summed E-state index contributed by atoms with van der Waals surface area (Å²) in [5.74, 6) is 0.302. The highest BCUT2D eigenvalue weighted by molar-refractivity contribution is 5.93. The smallest absolute Gasteiger partial charge is 0.263 e. The summed E-state index contributed by atoms with van der Waals surface area (Å²) in [5.41, 5.74) is 1.54. The highest BCUT2D eigenvalue weighted by atomic mass is 16.2. The second-order valence-corrected chi connectivity index (χ2v) is 5.80. The lowest BCUT2D eigenvalue weighted by atomic mass is 10.2. The number of pyridine rings is 1. The number of rotatable bonds is 6. The van der Waals surface area contributed by atoms with Gasteiger partial charge in [0.25, 0.3) is 11.5 Å². The van der Waals surface area contributed by atoms with E-state index >= 15 is 0 Å². The monoisotopic (exact) mass is 349 g/mol. The van der Waals surface area contributed by atoms with Crippen LogP contribution in [0.3, 0.4) is 0 Å². The molecule has 0 aliphatic heterocycles. The summed E-state index contributed by atoms with van der Waals surface area (Å²) in [5, 5.41) is 2.75. The van der Waals surface area contributed by atoms with E-state index in [0.717, 1.165) is 16.9 Å². The highest BCUT2D eigenvalue weighted by Gasteiger charge is 2.13. The number of aromatic nitrogens is 3. The molecule has 7 nitrogen and oxygen atoms in total. The van der Waals surface area contributed by atoms with Crippen molar-refractivity contribution in [2.75, 3.05) is 11.9 Å². The van der Waals surface area contributed by atoms with E-state index in [-0.39, 0.29) is 12.1 Å². The van der Waals surface area contributed by atoms with Crippen molar-refractivity contribution in [3.63, 3.8) is 0 Å². The fourth-order valence-corrected chi connectivity index (χ4v) is 2.62. The zero-order chi connectivity index (χ0) is 18.4. The van der Waals surface area contributed by atoms with Gasteiger partial charge in [-0.2, -0.15) is 0 Å². The molecule has 2 N–H and O–H groups in total. The number of amides is 1. The molecule has 0 aliphatic rings. The van der Waals surface area contributed by atoms with Crippen LogP contribution in [0, 0.1) is 0 Å². The molecule has 7 heteroatoms. The maximum absolute atomic E-state index is 12.2. The van der Waals surface area contributed by atoms with Crippen molar-refractivity contribution in [3.05, 3.63) is 88.2 Å². The molecule has 2 aromatic heterocycles. The van der Waals surface area contributed by atoms with Crippen LogP contribution in [0.5, 0.6) is 0 Å². The number of nitrogens with one attached hydrogen (secondary N) is 2. The van der Waals surface area contributed by atoms with E-state index in [1.807, 2.05) is 42.3 Å². The molecule has 26 heavy (non-hydrogen) atoms. The number of H-pyrrole nitrogens is 1. The van der Waals surface area contributed by atoms with Gasteiger partial charge in [0, 0.05) is 38.1 Å². The molecule has 132 valence electrons. The number of anilines is 1. The van der Waals surface area contributed by atoms with Crippen molar-refractivity contribution < 1.29 is 4.79 Å². The quantitative estimate of drug-likeness (QED) is 0.707. The molecule has 1 amide bonds. The first kappa shape index (κ1) is 17.3. The summed E-state index contributed by atoms with van der Waals surface area (Å²) < 4.78 is 0. The van der Waals surface area contributed by atoms with Crippen LogP contribution in [-0.2, 0) is 13.1 Å². The lowest BCUT2D eigenvalue weighted by Gasteiger charge is -2.21. The Kier molecular flexibility index (Phi) is 5.38. The van der Waals surface area contributed by atoms with Crippen molar-refractivity contribution in [2.24, 2.45) is 0 Å². The zero-order valence-corrected chi connectivity index (χ0v) is 14.3. The normalized spacial score (nSPS) is 10.3. The molecule has 0 bridgehead atoms. The Morgan fingerprint density at radius 1 is 1.19 bits per heavy atom. The topological polar surface area (TPSA) is 91.0 Å². The van der Waals surface area contributed by atoms with Crippen molar-refractivity contribution >= 4 is 11.7 Å². The Morgan fingerprint density at radius 2 is 2.00 bits per heavy atom. The number of hydrogen-bond acceptors (Lipinski definition) is 5. The molecule has 0 radical (unpaired) electrons. The van der Waals surface area contributed by atoms with Crippen LogP contribution >= 0.6 is 0 Å². The minimum Gasteiger partial charge on any atom is -0.355 e. The van der Waals surface area contributed by atoms with E-state index in [4.69, 9.17) is 0 Å². The summed E-state index contributed by atoms with van der Waals surface area (Å²) in [6.45, 7) is 0.955. The van der Waals surface area contributed by atoms with Crippen molar-refractivity contribution in [3.8, 4) is 0 Å². The summed E-state index contributed by atoms with van der Waals surface area (Å²) in [6.07, 6.45) is 4.21. The summed E-state index contributed by atoms with van der Waals surface area (Å²) in [7, 11) is 1.95. The Morgan fingerprint density at radius 3 is 2.77 bits per heavy atom. The first-order valence-corrected chi connectivity index (χ1v) is 8.15. The van der Waals surface area contributed by atoms with Crippen LogP contribution in [0.2, 0.25) is 0 Å². The van der Waals surface area contributed by atoms with Gasteiger partial charge in [0.2, 0.25) is 0 Å². The highest BCUT2D eigenvalue weighted by Crippen LogP contribution is 2.18. The van der Waals surface area contributed by atoms with E-state index in [9.17, 15) is 9.59 Å². The van der Waals surface area contributed by atoms with Gasteiger partial charge in [-0.3, -0.25) is 9.59 Å². The number of carbonyl (C=O) groups excluding carboxylic acids is 1. The van der Waals surface area contributed by atoms with E-state index in [0.29, 0.717) is 6.54 Å². The SMILES string of the molecule is CN(Cc1ccccc1)c1ncccc1CNC(=O)c1cnc[nH]c1=O. The number of carbonyl (C=O) groups is 1. The summed E-state index contributed by atoms with van der Waals surface area (Å²) in [6, 6.07) is 13.8. The maximum Gasteiger partial charge on any atom is 0.263 e. The van der Waals surface area contributed by atoms with Crippen LogP contribution in [0.4, 0.5) is 5.82 Å². The van der Waals surface area contributed by atoms with Gasteiger partial charge in [-0.25, -0.2) is 9.97 Å². The van der Waals surface area contributed by atoms with Crippen LogP contribution in [0.25, 0.3) is 0 Å². The van der Waals surface area contributed by atoms with Gasteiger partial charge in [-0.15, -0.1) is 0 Å². The molecule has 1 aromatic carbocycles. The maximum atomic E-state index is 12.2. The molecule has 0 aliphatic carbocycles. The summed E-state index contributed by atoms with van der Waals surface area (Å²) in [4.78, 5) is 36.5. The third-order valence-corrected chi connectivity index (χ3v) is 3.89. The Hall–Kier alpha value is -3.48. The van der Waals surface area contributed by atoms with Crippen LogP contribution in [-0.4, -0.2) is 27.9 Å². The van der Waals surface area contributed by atoms with Crippen LogP contribution in [0.1, 0.15) is 21.5 Å². The average molecular weight is 349 g/mol. The molecule has 0 unspecified atom stereocenters. The third-order valence-electron chi connectivity index (χ3n) is 3.89. The lowest BCUT2D eigenvalue weighted by Crippen LogP contribution is -2.30. The van der Waals surface area contributed by atoms with Gasteiger partial charge in [0.15, 0.2) is 0 Å². The van der Waals surface area contributed by atoms with E-state index < -0.39 is 11.5 Å². The van der Waals surface area contributed by atoms with Crippen LogP contribution in [0.15, 0.2) is 66.0 Å². The predicted molar refractivity (Wildman–Crippen MR) is 98.8 cm³/mol. The second-order valence-electron chi connectivity index (χ2n) is 5.80. The van der Waals surface area contributed by atoms with Gasteiger partial charge in [-0.05, 0) is 11.6 Å². The lowest BCUT2D eigenvalue weighted by molar-refractivity contribution is 0.0949. The van der Waals surface area contributed by atoms with Crippen LogP contribution < -0.4 is 15.8 Å². The van der Waals surface area contributed by atoms with Crippen molar-refractivity contribution in [1.29, 1.82) is 0 Å². The number of nitrogens with zero attached hydrogens (tertiary/aromatic N) is 3. The molecule has 3 rings (SSSR count). The minimum absolute atomic E-state index is 0.0180. The molecular formula is C19H19N5O2. The molecule has 0 spiro atoms. The Labute approximate surface area is 150 Å². The van der Waals surface area contributed by atoms with Crippen molar-refractivity contribution in [1.82, 2.24) is 20.3 Å². The zero-order valence-electron chi connectivity index (χ0n) is 14.3. The average Bonchev–Trinajstić information content (AvgIpc) is 2.67. The van der Waals surface area contributed by atoms with Gasteiger partial charge >= 0.3 is 0 Å². The molecule has 0 saturated carbocycles. The molecular weight excluding hydrogens is 330 g/mol. The van der Waals surface area contributed by atoms with Gasteiger partial charge in [0.1, 0.15) is 11.4 Å². The van der Waals surface area contributed by atoms with E-state index in [1.165, 1.54) is 12.5 Å². The number of benzene rings is 1. The molecule has 2 heterocycles. The molecule has 0 saturated heterocycles. The predicted octanol–water partition coefficient (Wildman–Crippen LogP) is 1.73. The summed E-state index contributed by atoms with van der Waals surface area (Å²) >= 11 is 0. The van der Waals surface area contributed by atoms with E-state index in [2.05, 4.69) is 32.4 Å². The van der Waals surface area contributed by atoms with Gasteiger partial charge < -0.3 is 15.2 Å². The first-order valence-electron chi connectivity index (χ1n) is 8.15. The fraction of sp³-hybridized carbons (Fsp3) is 0.158. The first-order chi connectivity index (χ1) is 12.6. The van der Waals surface area contributed by atoms with Crippen molar-refractivity contribution in [2.45, 2.75) is 13.1 Å². The Balaban J connectivity index is 1.72. The van der Waals surface area contributed by atoms with Gasteiger partial charge in [-0.1, -0.05) is 36.4 Å². The minimum atomic E-state index is -0.472. The fourth-order valence-electron chi connectivity index (χ4n) is 2.62. The second kappa shape index (κ2) is 8.06. The standard InChI is InChI=1S/C19H19N5O2/c1-24(12-14-6-3-2-4-7-14)17-15(8-5-9-21-17)10-22-18(25)16-11-20-13-23-19(16)26/h2-9,11,13H,10,12H2,1H3,(H,22,25)(H,20,23,26).